The fourth-order valence-corrected chi connectivity index (χ4v) is 4.24. The van der Waals surface area contributed by atoms with E-state index in [0.717, 1.165) is 17.1 Å². The van der Waals surface area contributed by atoms with E-state index < -0.39 is 9.84 Å². The molecule has 0 bridgehead atoms. The Morgan fingerprint density at radius 3 is 2.86 bits per heavy atom. The van der Waals surface area contributed by atoms with Gasteiger partial charge in [0.15, 0.2) is 21.3 Å². The molecule has 22 heavy (non-hydrogen) atoms. The normalized spacial score (nSPS) is 21.5. The number of rotatable bonds is 4. The SMILES string of the molecule is O=C(NCCc1ccc2c(c1)OCO2)N[C@H]1CCS(=O)(=O)C1. The van der Waals surface area contributed by atoms with Crippen LogP contribution in [0.15, 0.2) is 18.2 Å². The fraction of sp³-hybridized carbons (Fsp3) is 0.500. The van der Waals surface area contributed by atoms with Crippen LogP contribution in [0.3, 0.4) is 0 Å². The summed E-state index contributed by atoms with van der Waals surface area (Å²) in [7, 11) is -2.98. The van der Waals surface area contributed by atoms with Crippen molar-refractivity contribution < 1.29 is 22.7 Å². The summed E-state index contributed by atoms with van der Waals surface area (Å²) in [5.41, 5.74) is 1.04. The molecule has 1 fully saturated rings. The number of ether oxygens (including phenoxy) is 2. The van der Waals surface area contributed by atoms with E-state index in [1.807, 2.05) is 18.2 Å². The molecule has 120 valence electrons. The number of amides is 2. The molecule has 8 heteroatoms. The second kappa shape index (κ2) is 6.04. The zero-order valence-corrected chi connectivity index (χ0v) is 12.8. The first-order chi connectivity index (χ1) is 10.5. The first kappa shape index (κ1) is 15.0. The van der Waals surface area contributed by atoms with Gasteiger partial charge in [0.05, 0.1) is 11.5 Å². The van der Waals surface area contributed by atoms with Crippen LogP contribution in [0.4, 0.5) is 4.79 Å². The van der Waals surface area contributed by atoms with Crippen molar-refractivity contribution in [1.29, 1.82) is 0 Å². The van der Waals surface area contributed by atoms with Crippen LogP contribution in [-0.4, -0.2) is 45.3 Å². The molecule has 0 aromatic heterocycles. The Morgan fingerprint density at radius 2 is 2.09 bits per heavy atom. The predicted octanol–water partition coefficient (Wildman–Crippen LogP) is 0.444. The molecule has 2 N–H and O–H groups in total. The lowest BCUT2D eigenvalue weighted by molar-refractivity contribution is 0.174. The summed E-state index contributed by atoms with van der Waals surface area (Å²) in [5.74, 6) is 1.63. The molecular weight excluding hydrogens is 308 g/mol. The Morgan fingerprint density at radius 1 is 1.27 bits per heavy atom. The smallest absolute Gasteiger partial charge is 0.315 e. The van der Waals surface area contributed by atoms with Crippen molar-refractivity contribution in [2.24, 2.45) is 0 Å². The summed E-state index contributed by atoms with van der Waals surface area (Å²) >= 11 is 0. The van der Waals surface area contributed by atoms with Crippen LogP contribution in [0.2, 0.25) is 0 Å². The van der Waals surface area contributed by atoms with E-state index in [2.05, 4.69) is 10.6 Å². The summed E-state index contributed by atoms with van der Waals surface area (Å²) in [6.07, 6.45) is 1.14. The van der Waals surface area contributed by atoms with Crippen molar-refractivity contribution in [2.45, 2.75) is 18.9 Å². The highest BCUT2D eigenvalue weighted by molar-refractivity contribution is 7.91. The van der Waals surface area contributed by atoms with Crippen LogP contribution < -0.4 is 20.1 Å². The Balaban J connectivity index is 1.42. The van der Waals surface area contributed by atoms with Crippen molar-refractivity contribution >= 4 is 15.9 Å². The lowest BCUT2D eigenvalue weighted by Crippen LogP contribution is -2.43. The van der Waals surface area contributed by atoms with Crippen LogP contribution >= 0.6 is 0 Å². The summed E-state index contributed by atoms with van der Waals surface area (Å²) < 4.78 is 33.2. The van der Waals surface area contributed by atoms with Crippen LogP contribution in [-0.2, 0) is 16.3 Å². The quantitative estimate of drug-likeness (QED) is 0.837. The van der Waals surface area contributed by atoms with Gasteiger partial charge in [-0.15, -0.1) is 0 Å². The highest BCUT2D eigenvalue weighted by Gasteiger charge is 2.28. The lowest BCUT2D eigenvalue weighted by atomic mass is 10.1. The van der Waals surface area contributed by atoms with E-state index >= 15 is 0 Å². The minimum absolute atomic E-state index is 0.0303. The monoisotopic (exact) mass is 326 g/mol. The number of carbonyl (C=O) groups excluding carboxylic acids is 1. The first-order valence-electron chi connectivity index (χ1n) is 7.15. The number of benzene rings is 1. The fourth-order valence-electron chi connectivity index (χ4n) is 2.56. The van der Waals surface area contributed by atoms with Crippen LogP contribution in [0.1, 0.15) is 12.0 Å². The number of hydrogen-bond donors (Lipinski definition) is 2. The van der Waals surface area contributed by atoms with Crippen LogP contribution in [0, 0.1) is 0 Å². The number of urea groups is 1. The molecule has 7 nitrogen and oxygen atoms in total. The van der Waals surface area contributed by atoms with E-state index in [-0.39, 0.29) is 30.4 Å². The highest BCUT2D eigenvalue weighted by atomic mass is 32.2. The predicted molar refractivity (Wildman–Crippen MR) is 79.9 cm³/mol. The first-order valence-corrected chi connectivity index (χ1v) is 8.97. The van der Waals surface area contributed by atoms with Gasteiger partial charge in [-0.25, -0.2) is 13.2 Å². The van der Waals surface area contributed by atoms with E-state index in [9.17, 15) is 13.2 Å². The number of nitrogens with one attached hydrogen (secondary N) is 2. The Bertz CT molecular complexity index is 674. The largest absolute Gasteiger partial charge is 0.454 e. The average Bonchev–Trinajstić information content (AvgIpc) is 3.04. The van der Waals surface area contributed by atoms with Gasteiger partial charge in [-0.05, 0) is 30.5 Å². The molecule has 0 saturated carbocycles. The van der Waals surface area contributed by atoms with Gasteiger partial charge in [0, 0.05) is 12.6 Å². The topological polar surface area (TPSA) is 93.7 Å². The Labute approximate surface area is 128 Å². The Kier molecular flexibility index (Phi) is 4.10. The number of hydrogen-bond acceptors (Lipinski definition) is 5. The zero-order chi connectivity index (χ0) is 15.6. The molecule has 2 aliphatic rings. The van der Waals surface area contributed by atoms with Crippen molar-refractivity contribution in [3.05, 3.63) is 23.8 Å². The second-order valence-electron chi connectivity index (χ2n) is 5.44. The molecule has 1 atom stereocenters. The molecule has 0 unspecified atom stereocenters. The molecule has 1 aromatic rings. The molecule has 2 amide bonds. The van der Waals surface area contributed by atoms with Crippen molar-refractivity contribution in [1.82, 2.24) is 10.6 Å². The molecule has 0 spiro atoms. The molecule has 2 aliphatic heterocycles. The lowest BCUT2D eigenvalue weighted by Gasteiger charge is -2.12. The van der Waals surface area contributed by atoms with Gasteiger partial charge < -0.3 is 20.1 Å². The molecule has 0 aliphatic carbocycles. The van der Waals surface area contributed by atoms with E-state index in [1.165, 1.54) is 0 Å². The van der Waals surface area contributed by atoms with Gasteiger partial charge in [-0.3, -0.25) is 0 Å². The van der Waals surface area contributed by atoms with Crippen molar-refractivity contribution in [3.63, 3.8) is 0 Å². The third-order valence-electron chi connectivity index (χ3n) is 3.70. The summed E-state index contributed by atoms with van der Waals surface area (Å²) in [6.45, 7) is 0.703. The molecular formula is C14H18N2O5S. The number of sulfone groups is 1. The molecule has 3 rings (SSSR count). The van der Waals surface area contributed by atoms with E-state index in [4.69, 9.17) is 9.47 Å². The van der Waals surface area contributed by atoms with Crippen LogP contribution in [0.25, 0.3) is 0 Å². The standard InChI is InChI=1S/C14H18N2O5S/c17-14(16-11-4-6-22(18,19)8-11)15-5-3-10-1-2-12-13(7-10)21-9-20-12/h1-2,7,11H,3-6,8-9H2,(H2,15,16,17)/t11-/m0/s1. The summed E-state index contributed by atoms with van der Waals surface area (Å²) in [4.78, 5) is 11.7. The van der Waals surface area contributed by atoms with Gasteiger partial charge in [-0.1, -0.05) is 6.07 Å². The molecule has 2 heterocycles. The van der Waals surface area contributed by atoms with Gasteiger partial charge >= 0.3 is 6.03 Å². The molecule has 1 aromatic carbocycles. The zero-order valence-electron chi connectivity index (χ0n) is 12.0. The molecule has 1 saturated heterocycles. The summed E-state index contributed by atoms with van der Waals surface area (Å²) in [5, 5.41) is 5.42. The summed E-state index contributed by atoms with van der Waals surface area (Å²) in [6, 6.07) is 5.06. The van der Waals surface area contributed by atoms with Crippen molar-refractivity contribution in [3.8, 4) is 11.5 Å². The van der Waals surface area contributed by atoms with Gasteiger partial charge in [-0.2, -0.15) is 0 Å². The van der Waals surface area contributed by atoms with Gasteiger partial charge in [0.25, 0.3) is 0 Å². The minimum Gasteiger partial charge on any atom is -0.454 e. The van der Waals surface area contributed by atoms with E-state index in [0.29, 0.717) is 19.4 Å². The third-order valence-corrected chi connectivity index (χ3v) is 5.47. The number of fused-ring (bicyclic) bond motifs is 1. The Hall–Kier alpha value is -1.96. The maximum atomic E-state index is 11.7. The third kappa shape index (κ3) is 3.62. The van der Waals surface area contributed by atoms with E-state index in [1.54, 1.807) is 0 Å². The van der Waals surface area contributed by atoms with Crippen molar-refractivity contribution in [2.75, 3.05) is 24.8 Å². The maximum absolute atomic E-state index is 11.7. The molecule has 0 radical (unpaired) electrons. The highest BCUT2D eigenvalue weighted by Crippen LogP contribution is 2.32. The maximum Gasteiger partial charge on any atom is 0.315 e. The second-order valence-corrected chi connectivity index (χ2v) is 7.67. The minimum atomic E-state index is -2.98. The number of carbonyl (C=O) groups is 1. The average molecular weight is 326 g/mol. The van der Waals surface area contributed by atoms with Gasteiger partial charge in [0.1, 0.15) is 0 Å². The van der Waals surface area contributed by atoms with Crippen LogP contribution in [0.5, 0.6) is 11.5 Å². The van der Waals surface area contributed by atoms with Gasteiger partial charge in [0.2, 0.25) is 6.79 Å².